The SMILES string of the molecule is CCCCCCCCNCc1cc(OC)c(OCc2ccc(F)cc2)cc1Br. The van der Waals surface area contributed by atoms with E-state index in [0.29, 0.717) is 18.1 Å². The number of hydrogen-bond acceptors (Lipinski definition) is 3. The fraction of sp³-hybridized carbons (Fsp3) is 0.478. The molecule has 28 heavy (non-hydrogen) atoms. The Morgan fingerprint density at radius 3 is 2.39 bits per heavy atom. The summed E-state index contributed by atoms with van der Waals surface area (Å²) in [5.41, 5.74) is 2.04. The number of benzene rings is 2. The van der Waals surface area contributed by atoms with Gasteiger partial charge in [-0.15, -0.1) is 0 Å². The summed E-state index contributed by atoms with van der Waals surface area (Å²) in [7, 11) is 1.64. The Hall–Kier alpha value is -1.59. The smallest absolute Gasteiger partial charge is 0.162 e. The monoisotopic (exact) mass is 451 g/mol. The minimum Gasteiger partial charge on any atom is -0.493 e. The number of hydrogen-bond donors (Lipinski definition) is 1. The van der Waals surface area contributed by atoms with Gasteiger partial charge in [-0.25, -0.2) is 4.39 Å². The van der Waals surface area contributed by atoms with E-state index in [1.807, 2.05) is 12.1 Å². The van der Waals surface area contributed by atoms with E-state index in [-0.39, 0.29) is 5.82 Å². The van der Waals surface area contributed by atoms with E-state index in [0.717, 1.165) is 28.7 Å². The number of halogens is 2. The van der Waals surface area contributed by atoms with Crippen LogP contribution in [0.5, 0.6) is 11.5 Å². The number of unbranched alkanes of at least 4 members (excludes halogenated alkanes) is 5. The molecule has 0 bridgehead atoms. The van der Waals surface area contributed by atoms with Gasteiger partial charge in [0.2, 0.25) is 0 Å². The van der Waals surface area contributed by atoms with Crippen LogP contribution in [0.15, 0.2) is 40.9 Å². The summed E-state index contributed by atoms with van der Waals surface area (Å²) in [6, 6.07) is 10.2. The van der Waals surface area contributed by atoms with Crippen molar-refractivity contribution in [2.75, 3.05) is 13.7 Å². The molecule has 0 unspecified atom stereocenters. The largest absolute Gasteiger partial charge is 0.493 e. The summed E-state index contributed by atoms with van der Waals surface area (Å²) < 4.78 is 25.4. The average Bonchev–Trinajstić information content (AvgIpc) is 2.70. The Morgan fingerprint density at radius 2 is 1.68 bits per heavy atom. The first kappa shape index (κ1) is 22.7. The van der Waals surface area contributed by atoms with Gasteiger partial charge in [0.15, 0.2) is 11.5 Å². The molecular weight excluding hydrogens is 421 g/mol. The Morgan fingerprint density at radius 1 is 0.964 bits per heavy atom. The number of ether oxygens (including phenoxy) is 2. The van der Waals surface area contributed by atoms with Crippen molar-refractivity contribution in [2.45, 2.75) is 58.6 Å². The van der Waals surface area contributed by atoms with Crippen molar-refractivity contribution in [3.8, 4) is 11.5 Å². The molecule has 0 saturated carbocycles. The van der Waals surface area contributed by atoms with Gasteiger partial charge < -0.3 is 14.8 Å². The highest BCUT2D eigenvalue weighted by molar-refractivity contribution is 9.10. The number of rotatable bonds is 13. The zero-order valence-electron chi connectivity index (χ0n) is 16.9. The van der Waals surface area contributed by atoms with Gasteiger partial charge >= 0.3 is 0 Å². The first-order chi connectivity index (χ1) is 13.6. The van der Waals surface area contributed by atoms with Crippen LogP contribution in [0.4, 0.5) is 4.39 Å². The van der Waals surface area contributed by atoms with Gasteiger partial charge in [0.05, 0.1) is 7.11 Å². The van der Waals surface area contributed by atoms with Crippen LogP contribution < -0.4 is 14.8 Å². The second-order valence-electron chi connectivity index (χ2n) is 6.95. The van der Waals surface area contributed by atoms with Crippen LogP contribution in [0.3, 0.4) is 0 Å². The van der Waals surface area contributed by atoms with Gasteiger partial charge in [0.25, 0.3) is 0 Å². The van der Waals surface area contributed by atoms with E-state index >= 15 is 0 Å². The molecule has 0 spiro atoms. The van der Waals surface area contributed by atoms with Crippen LogP contribution in [-0.4, -0.2) is 13.7 Å². The maximum absolute atomic E-state index is 13.0. The van der Waals surface area contributed by atoms with E-state index in [9.17, 15) is 4.39 Å². The Balaban J connectivity index is 1.83. The summed E-state index contributed by atoms with van der Waals surface area (Å²) in [5, 5.41) is 3.51. The lowest BCUT2D eigenvalue weighted by Crippen LogP contribution is -2.15. The predicted octanol–water partition coefficient (Wildman–Crippen LogP) is 6.63. The van der Waals surface area contributed by atoms with Crippen molar-refractivity contribution in [1.29, 1.82) is 0 Å². The fourth-order valence-electron chi connectivity index (χ4n) is 2.98. The standard InChI is InChI=1S/C23H31BrFNO2/c1-3-4-5-6-7-8-13-26-16-19-14-22(27-2)23(15-21(19)24)28-17-18-9-11-20(25)12-10-18/h9-12,14-15,26H,3-8,13,16-17H2,1-2H3. The average molecular weight is 452 g/mol. The molecule has 0 heterocycles. The van der Waals surface area contributed by atoms with Crippen LogP contribution in [0, 0.1) is 5.82 Å². The molecule has 1 N–H and O–H groups in total. The van der Waals surface area contributed by atoms with Crippen molar-refractivity contribution in [3.05, 3.63) is 57.8 Å². The van der Waals surface area contributed by atoms with Crippen molar-refractivity contribution >= 4 is 15.9 Å². The molecule has 2 rings (SSSR count). The van der Waals surface area contributed by atoms with Crippen LogP contribution in [0.2, 0.25) is 0 Å². The van der Waals surface area contributed by atoms with Gasteiger partial charge in [-0.1, -0.05) is 67.1 Å². The summed E-state index contributed by atoms with van der Waals surface area (Å²) in [6.07, 6.45) is 7.80. The molecule has 3 nitrogen and oxygen atoms in total. The molecule has 0 fully saturated rings. The molecule has 0 aromatic heterocycles. The van der Waals surface area contributed by atoms with Gasteiger partial charge in [0.1, 0.15) is 12.4 Å². The van der Waals surface area contributed by atoms with Gasteiger partial charge in [-0.3, -0.25) is 0 Å². The molecule has 0 atom stereocenters. The maximum atomic E-state index is 13.0. The lowest BCUT2D eigenvalue weighted by atomic mass is 10.1. The van der Waals surface area contributed by atoms with Crippen LogP contribution in [-0.2, 0) is 13.2 Å². The number of nitrogens with one attached hydrogen (secondary N) is 1. The van der Waals surface area contributed by atoms with Crippen molar-refractivity contribution in [3.63, 3.8) is 0 Å². The molecule has 5 heteroatoms. The molecule has 154 valence electrons. The molecular formula is C23H31BrFNO2. The van der Waals surface area contributed by atoms with E-state index in [2.05, 4.69) is 28.2 Å². The summed E-state index contributed by atoms with van der Waals surface area (Å²) >= 11 is 3.63. The van der Waals surface area contributed by atoms with E-state index in [1.165, 1.54) is 50.7 Å². The summed E-state index contributed by atoms with van der Waals surface area (Å²) in [4.78, 5) is 0. The van der Waals surface area contributed by atoms with Crippen molar-refractivity contribution < 1.29 is 13.9 Å². The maximum Gasteiger partial charge on any atom is 0.162 e. The first-order valence-corrected chi connectivity index (χ1v) is 10.9. The van der Waals surface area contributed by atoms with Gasteiger partial charge in [0, 0.05) is 11.0 Å². The second kappa shape index (κ2) is 12.8. The first-order valence-electron chi connectivity index (χ1n) is 10.1. The van der Waals surface area contributed by atoms with Gasteiger partial charge in [-0.05, 0) is 48.4 Å². The minimum absolute atomic E-state index is 0.248. The third-order valence-electron chi connectivity index (χ3n) is 4.66. The highest BCUT2D eigenvalue weighted by atomic mass is 79.9. The minimum atomic E-state index is -0.248. The summed E-state index contributed by atoms with van der Waals surface area (Å²) in [6.45, 7) is 4.40. The normalized spacial score (nSPS) is 10.9. The molecule has 0 aliphatic heterocycles. The third-order valence-corrected chi connectivity index (χ3v) is 5.40. The number of methoxy groups -OCH3 is 1. The highest BCUT2D eigenvalue weighted by Gasteiger charge is 2.11. The molecule has 0 amide bonds. The molecule has 0 aliphatic carbocycles. The molecule has 2 aromatic rings. The van der Waals surface area contributed by atoms with E-state index < -0.39 is 0 Å². The van der Waals surface area contributed by atoms with Crippen LogP contribution in [0.1, 0.15) is 56.6 Å². The topological polar surface area (TPSA) is 30.5 Å². The van der Waals surface area contributed by atoms with Crippen LogP contribution in [0.25, 0.3) is 0 Å². The Kier molecular flexibility index (Phi) is 10.4. The molecule has 2 aromatic carbocycles. The highest BCUT2D eigenvalue weighted by Crippen LogP contribution is 2.34. The Bertz CT molecular complexity index is 706. The quantitative estimate of drug-likeness (QED) is 0.346. The van der Waals surface area contributed by atoms with E-state index in [4.69, 9.17) is 9.47 Å². The van der Waals surface area contributed by atoms with Crippen molar-refractivity contribution in [2.24, 2.45) is 0 Å². The fourth-order valence-corrected chi connectivity index (χ4v) is 3.44. The zero-order chi connectivity index (χ0) is 20.2. The van der Waals surface area contributed by atoms with E-state index in [1.54, 1.807) is 19.2 Å². The lowest BCUT2D eigenvalue weighted by Gasteiger charge is -2.14. The summed E-state index contributed by atoms with van der Waals surface area (Å²) in [5.74, 6) is 1.11. The third kappa shape index (κ3) is 7.80. The second-order valence-corrected chi connectivity index (χ2v) is 7.81. The predicted molar refractivity (Wildman–Crippen MR) is 117 cm³/mol. The van der Waals surface area contributed by atoms with Crippen molar-refractivity contribution in [1.82, 2.24) is 5.32 Å². The lowest BCUT2D eigenvalue weighted by molar-refractivity contribution is 0.284. The molecule has 0 radical (unpaired) electrons. The molecule has 0 aliphatic rings. The molecule has 0 saturated heterocycles. The van der Waals surface area contributed by atoms with Gasteiger partial charge in [-0.2, -0.15) is 0 Å². The Labute approximate surface area is 176 Å². The van der Waals surface area contributed by atoms with Crippen LogP contribution >= 0.6 is 15.9 Å². The zero-order valence-corrected chi connectivity index (χ0v) is 18.5.